The number of rotatable bonds is 4. The van der Waals surface area contributed by atoms with E-state index in [4.69, 9.17) is 0 Å². The molecule has 0 aliphatic carbocycles. The van der Waals surface area contributed by atoms with Crippen LogP contribution in [0.25, 0.3) is 5.65 Å². The van der Waals surface area contributed by atoms with Gasteiger partial charge in [-0.05, 0) is 47.0 Å². The van der Waals surface area contributed by atoms with Gasteiger partial charge < -0.3 is 10.2 Å². The van der Waals surface area contributed by atoms with Gasteiger partial charge in [0, 0.05) is 25.3 Å². The monoisotopic (exact) mass is 295 g/mol. The molecule has 4 rings (SSSR count). The van der Waals surface area contributed by atoms with E-state index in [9.17, 15) is 0 Å². The van der Waals surface area contributed by atoms with Crippen molar-refractivity contribution in [2.75, 3.05) is 23.3 Å². The zero-order chi connectivity index (χ0) is 14.8. The molecule has 0 unspecified atom stereocenters. The molecule has 7 nitrogen and oxygen atoms in total. The Morgan fingerprint density at radius 3 is 2.82 bits per heavy atom. The number of aromatic nitrogens is 5. The van der Waals surface area contributed by atoms with Crippen molar-refractivity contribution in [1.29, 1.82) is 0 Å². The van der Waals surface area contributed by atoms with Crippen LogP contribution in [0.3, 0.4) is 0 Å². The van der Waals surface area contributed by atoms with Crippen LogP contribution in [0.15, 0.2) is 36.4 Å². The van der Waals surface area contributed by atoms with Crippen LogP contribution in [-0.4, -0.2) is 38.3 Å². The first kappa shape index (κ1) is 13.0. The molecule has 1 aliphatic rings. The molecule has 1 N–H and O–H groups in total. The number of hydrogen-bond acceptors (Lipinski definition) is 6. The second-order valence-corrected chi connectivity index (χ2v) is 5.42. The van der Waals surface area contributed by atoms with E-state index >= 15 is 0 Å². The summed E-state index contributed by atoms with van der Waals surface area (Å²) >= 11 is 0. The van der Waals surface area contributed by atoms with Crippen LogP contribution in [0, 0.1) is 0 Å². The smallest absolute Gasteiger partial charge is 0.200 e. The third kappa shape index (κ3) is 2.45. The Hall–Kier alpha value is -2.70. The van der Waals surface area contributed by atoms with Gasteiger partial charge in [-0.15, -0.1) is 14.8 Å². The van der Waals surface area contributed by atoms with Gasteiger partial charge in [0.1, 0.15) is 5.82 Å². The molecule has 112 valence electrons. The third-order valence-corrected chi connectivity index (χ3v) is 3.97. The van der Waals surface area contributed by atoms with Crippen LogP contribution in [-0.2, 0) is 6.54 Å². The summed E-state index contributed by atoms with van der Waals surface area (Å²) in [5.74, 6) is 0.760. The first-order valence-electron chi connectivity index (χ1n) is 7.52. The van der Waals surface area contributed by atoms with Crippen molar-refractivity contribution in [3.63, 3.8) is 0 Å². The molecule has 1 aromatic carbocycles. The molecular formula is C15H17N7. The van der Waals surface area contributed by atoms with Crippen LogP contribution in [0.4, 0.5) is 11.5 Å². The summed E-state index contributed by atoms with van der Waals surface area (Å²) in [4.78, 5) is 2.45. The van der Waals surface area contributed by atoms with Gasteiger partial charge in [-0.3, -0.25) is 0 Å². The van der Waals surface area contributed by atoms with E-state index in [-0.39, 0.29) is 0 Å². The summed E-state index contributed by atoms with van der Waals surface area (Å²) in [6.07, 6.45) is 2.55. The minimum atomic E-state index is 0.642. The maximum Gasteiger partial charge on any atom is 0.200 e. The number of nitrogens with zero attached hydrogens (tertiary/aromatic N) is 6. The minimum absolute atomic E-state index is 0.642. The maximum absolute atomic E-state index is 4.33. The first-order chi connectivity index (χ1) is 10.9. The van der Waals surface area contributed by atoms with E-state index in [0.717, 1.165) is 25.5 Å². The second-order valence-electron chi connectivity index (χ2n) is 5.42. The standard InChI is InChI=1S/C15H17N7/c1-2-6-13(21-9-3-4-10-21)12(5-1)11-16-14-7-8-15-17-19-20-22(15)18-14/h1-2,5-8H,3-4,9-11H2,(H,16,18). The predicted molar refractivity (Wildman–Crippen MR) is 83.8 cm³/mol. The number of nitrogens with one attached hydrogen (secondary N) is 1. The highest BCUT2D eigenvalue weighted by Crippen LogP contribution is 2.25. The molecule has 0 atom stereocenters. The van der Waals surface area contributed by atoms with Crippen molar-refractivity contribution in [3.05, 3.63) is 42.0 Å². The van der Waals surface area contributed by atoms with E-state index < -0.39 is 0 Å². The summed E-state index contributed by atoms with van der Waals surface area (Å²) in [5, 5.41) is 18.9. The van der Waals surface area contributed by atoms with E-state index in [1.54, 1.807) is 0 Å². The average molecular weight is 295 g/mol. The van der Waals surface area contributed by atoms with Crippen molar-refractivity contribution < 1.29 is 0 Å². The van der Waals surface area contributed by atoms with Crippen LogP contribution >= 0.6 is 0 Å². The number of para-hydroxylation sites is 1. The SMILES string of the molecule is c1ccc(N2CCCC2)c(CNc2ccc3nnnn3n2)c1. The molecule has 0 amide bonds. The Bertz CT molecular complexity index is 776. The van der Waals surface area contributed by atoms with Gasteiger partial charge in [-0.2, -0.15) is 0 Å². The fraction of sp³-hybridized carbons (Fsp3) is 0.333. The topological polar surface area (TPSA) is 71.2 Å². The van der Waals surface area contributed by atoms with Crippen molar-refractivity contribution >= 4 is 17.2 Å². The van der Waals surface area contributed by atoms with Crippen LogP contribution in [0.1, 0.15) is 18.4 Å². The van der Waals surface area contributed by atoms with Crippen molar-refractivity contribution in [3.8, 4) is 0 Å². The lowest BCUT2D eigenvalue weighted by Gasteiger charge is -2.21. The normalized spacial score (nSPS) is 14.6. The summed E-state index contributed by atoms with van der Waals surface area (Å²) < 4.78 is 1.43. The van der Waals surface area contributed by atoms with Gasteiger partial charge in [-0.1, -0.05) is 18.2 Å². The summed E-state index contributed by atoms with van der Waals surface area (Å²) in [6, 6.07) is 12.3. The molecule has 1 saturated heterocycles. The fourth-order valence-corrected chi connectivity index (χ4v) is 2.86. The maximum atomic E-state index is 4.33. The lowest BCUT2D eigenvalue weighted by atomic mass is 10.1. The molecular weight excluding hydrogens is 278 g/mol. The number of fused-ring (bicyclic) bond motifs is 1. The highest BCUT2D eigenvalue weighted by atomic mass is 15.6. The molecule has 1 aliphatic heterocycles. The summed E-state index contributed by atoms with van der Waals surface area (Å²) in [6.45, 7) is 3.02. The number of tetrazole rings is 1. The molecule has 3 aromatic rings. The minimum Gasteiger partial charge on any atom is -0.371 e. The molecule has 1 fully saturated rings. The highest BCUT2D eigenvalue weighted by Gasteiger charge is 2.15. The van der Waals surface area contributed by atoms with Gasteiger partial charge in [0.05, 0.1) is 0 Å². The largest absolute Gasteiger partial charge is 0.371 e. The van der Waals surface area contributed by atoms with Crippen LogP contribution in [0.5, 0.6) is 0 Å². The van der Waals surface area contributed by atoms with Gasteiger partial charge in [0.25, 0.3) is 0 Å². The second kappa shape index (κ2) is 5.59. The van der Waals surface area contributed by atoms with Crippen molar-refractivity contribution in [1.82, 2.24) is 25.3 Å². The zero-order valence-electron chi connectivity index (χ0n) is 12.2. The van der Waals surface area contributed by atoms with E-state index in [1.165, 1.54) is 28.7 Å². The van der Waals surface area contributed by atoms with Crippen LogP contribution < -0.4 is 10.2 Å². The molecule has 0 radical (unpaired) electrons. The lowest BCUT2D eigenvalue weighted by molar-refractivity contribution is 0.734. The fourth-order valence-electron chi connectivity index (χ4n) is 2.86. The van der Waals surface area contributed by atoms with Gasteiger partial charge >= 0.3 is 0 Å². The summed E-state index contributed by atoms with van der Waals surface area (Å²) in [5.41, 5.74) is 3.24. The molecule has 22 heavy (non-hydrogen) atoms. The zero-order valence-corrected chi connectivity index (χ0v) is 12.2. The Morgan fingerprint density at radius 2 is 1.91 bits per heavy atom. The third-order valence-electron chi connectivity index (χ3n) is 3.97. The van der Waals surface area contributed by atoms with Crippen molar-refractivity contribution in [2.45, 2.75) is 19.4 Å². The van der Waals surface area contributed by atoms with E-state index in [2.05, 4.69) is 55.1 Å². The number of hydrogen-bond donors (Lipinski definition) is 1. The molecule has 3 heterocycles. The Labute approximate surface area is 127 Å². The lowest BCUT2D eigenvalue weighted by Crippen LogP contribution is -2.20. The van der Waals surface area contributed by atoms with Gasteiger partial charge in [0.15, 0.2) is 5.65 Å². The van der Waals surface area contributed by atoms with Gasteiger partial charge in [0.2, 0.25) is 0 Å². The average Bonchev–Trinajstić information content (AvgIpc) is 3.24. The number of benzene rings is 1. The number of anilines is 2. The molecule has 0 saturated carbocycles. The highest BCUT2D eigenvalue weighted by molar-refractivity contribution is 5.55. The van der Waals surface area contributed by atoms with Crippen LogP contribution in [0.2, 0.25) is 0 Å². The summed E-state index contributed by atoms with van der Waals surface area (Å²) in [7, 11) is 0. The first-order valence-corrected chi connectivity index (χ1v) is 7.52. The molecule has 2 aromatic heterocycles. The Kier molecular flexibility index (Phi) is 3.30. The molecule has 0 bridgehead atoms. The van der Waals surface area contributed by atoms with Gasteiger partial charge in [-0.25, -0.2) is 0 Å². The quantitative estimate of drug-likeness (QED) is 0.790. The predicted octanol–water partition coefficient (Wildman–Crippen LogP) is 1.73. The Morgan fingerprint density at radius 1 is 1.05 bits per heavy atom. The van der Waals surface area contributed by atoms with E-state index in [1.807, 2.05) is 12.1 Å². The van der Waals surface area contributed by atoms with Crippen molar-refractivity contribution in [2.24, 2.45) is 0 Å². The molecule has 7 heteroatoms. The molecule has 0 spiro atoms. The van der Waals surface area contributed by atoms with E-state index in [0.29, 0.717) is 5.65 Å². The Balaban J connectivity index is 1.53.